The molecule has 0 fully saturated rings. The van der Waals surface area contributed by atoms with E-state index < -0.39 is 0 Å². The smallest absolute Gasteiger partial charge is 0.216 e. The number of nitrogens with zero attached hydrogens (tertiary/aromatic N) is 2. The lowest BCUT2D eigenvalue weighted by Gasteiger charge is -2.20. The van der Waals surface area contributed by atoms with Crippen LogP contribution in [0, 0.1) is 5.92 Å². The average molecular weight is 224 g/mol. The van der Waals surface area contributed by atoms with Crippen LogP contribution < -0.4 is 0 Å². The molecule has 0 heterocycles. The Hall–Kier alpha value is -1.58. The van der Waals surface area contributed by atoms with Gasteiger partial charge in [-0.3, -0.25) is 14.5 Å². The molecule has 0 aromatic heterocycles. The molecule has 0 aromatic carbocycles. The normalized spacial score (nSPS) is 11.3. The predicted molar refractivity (Wildman–Crippen MR) is 64.3 cm³/mol. The van der Waals surface area contributed by atoms with E-state index in [1.165, 1.54) is 0 Å². The van der Waals surface area contributed by atoms with E-state index in [1.54, 1.807) is 12.4 Å². The van der Waals surface area contributed by atoms with Crippen molar-refractivity contribution in [3.63, 3.8) is 0 Å². The Morgan fingerprint density at radius 2 is 1.69 bits per heavy atom. The third kappa shape index (κ3) is 6.01. The number of carbonyl (C=O) groups is 2. The summed E-state index contributed by atoms with van der Waals surface area (Å²) in [6.07, 6.45) is 6.34. The topological polar surface area (TPSA) is 40.6 Å². The summed E-state index contributed by atoms with van der Waals surface area (Å²) in [6, 6.07) is 0. The molecule has 0 aliphatic rings. The molecule has 16 heavy (non-hydrogen) atoms. The van der Waals surface area contributed by atoms with Crippen LogP contribution in [0.15, 0.2) is 25.6 Å². The van der Waals surface area contributed by atoms with Gasteiger partial charge in [-0.2, -0.15) is 0 Å². The maximum absolute atomic E-state index is 10.3. The van der Waals surface area contributed by atoms with Crippen LogP contribution in [0.1, 0.15) is 19.8 Å². The van der Waals surface area contributed by atoms with E-state index in [2.05, 4.69) is 20.1 Å². The lowest BCUT2D eigenvalue weighted by Crippen LogP contribution is -2.23. The van der Waals surface area contributed by atoms with Gasteiger partial charge in [0.15, 0.2) is 0 Å². The largest absolute Gasteiger partial charge is 0.355 e. The Kier molecular flexibility index (Phi) is 7.85. The summed E-state index contributed by atoms with van der Waals surface area (Å²) in [5.41, 5.74) is 0. The summed E-state index contributed by atoms with van der Waals surface area (Å²) in [5, 5.41) is 0. The van der Waals surface area contributed by atoms with Crippen LogP contribution in [0.4, 0.5) is 0 Å². The highest BCUT2D eigenvalue weighted by Crippen LogP contribution is 2.08. The van der Waals surface area contributed by atoms with Crippen LogP contribution in [-0.2, 0) is 9.59 Å². The quantitative estimate of drug-likeness (QED) is 0.529. The molecule has 1 unspecified atom stereocenters. The van der Waals surface area contributed by atoms with Crippen LogP contribution in [0.25, 0.3) is 0 Å². The maximum Gasteiger partial charge on any atom is 0.216 e. The van der Waals surface area contributed by atoms with Gasteiger partial charge in [-0.15, -0.1) is 0 Å². The Bertz CT molecular complexity index is 225. The SMILES string of the molecule is C=CN(C=C)CC(C)CCCN(C=O)C=O. The van der Waals surface area contributed by atoms with Crippen LogP contribution in [-0.4, -0.2) is 35.7 Å². The van der Waals surface area contributed by atoms with Crippen molar-refractivity contribution in [1.29, 1.82) is 0 Å². The van der Waals surface area contributed by atoms with E-state index >= 15 is 0 Å². The molecule has 1 atom stereocenters. The van der Waals surface area contributed by atoms with Gasteiger partial charge in [0, 0.05) is 13.1 Å². The molecule has 4 nitrogen and oxygen atoms in total. The highest BCUT2D eigenvalue weighted by atomic mass is 16.2. The van der Waals surface area contributed by atoms with E-state index in [-0.39, 0.29) is 0 Å². The van der Waals surface area contributed by atoms with Crippen LogP contribution in [0.5, 0.6) is 0 Å². The molecule has 0 aromatic rings. The van der Waals surface area contributed by atoms with E-state index in [0.717, 1.165) is 24.3 Å². The summed E-state index contributed by atoms with van der Waals surface area (Å²) < 4.78 is 0. The molecule has 0 N–H and O–H groups in total. The van der Waals surface area contributed by atoms with Crippen molar-refractivity contribution < 1.29 is 9.59 Å². The summed E-state index contributed by atoms with van der Waals surface area (Å²) >= 11 is 0. The van der Waals surface area contributed by atoms with Gasteiger partial charge < -0.3 is 4.90 Å². The molecular formula is C12H20N2O2. The van der Waals surface area contributed by atoms with E-state index in [0.29, 0.717) is 25.3 Å². The fraction of sp³-hybridized carbons (Fsp3) is 0.500. The fourth-order valence-electron chi connectivity index (χ4n) is 1.43. The van der Waals surface area contributed by atoms with E-state index in [4.69, 9.17) is 0 Å². The van der Waals surface area contributed by atoms with Crippen LogP contribution >= 0.6 is 0 Å². The Morgan fingerprint density at radius 1 is 1.12 bits per heavy atom. The lowest BCUT2D eigenvalue weighted by molar-refractivity contribution is -0.129. The monoisotopic (exact) mass is 224 g/mol. The second-order valence-electron chi connectivity index (χ2n) is 3.76. The van der Waals surface area contributed by atoms with Gasteiger partial charge in [0.2, 0.25) is 12.8 Å². The zero-order valence-electron chi connectivity index (χ0n) is 9.84. The van der Waals surface area contributed by atoms with Crippen molar-refractivity contribution in [2.24, 2.45) is 5.92 Å². The second-order valence-corrected chi connectivity index (χ2v) is 3.76. The van der Waals surface area contributed by atoms with Crippen molar-refractivity contribution >= 4 is 12.8 Å². The molecule has 0 saturated carbocycles. The molecule has 2 amide bonds. The van der Waals surface area contributed by atoms with Crippen LogP contribution in [0.2, 0.25) is 0 Å². The number of hydrogen-bond donors (Lipinski definition) is 0. The van der Waals surface area contributed by atoms with Crippen molar-refractivity contribution in [3.05, 3.63) is 25.6 Å². The first-order valence-electron chi connectivity index (χ1n) is 5.35. The molecule has 4 heteroatoms. The van der Waals surface area contributed by atoms with Gasteiger partial charge in [-0.1, -0.05) is 20.1 Å². The third-order valence-electron chi connectivity index (χ3n) is 2.38. The molecule has 0 rings (SSSR count). The summed E-state index contributed by atoms with van der Waals surface area (Å²) in [4.78, 5) is 23.7. The highest BCUT2D eigenvalue weighted by molar-refractivity contribution is 5.68. The van der Waals surface area contributed by atoms with Crippen molar-refractivity contribution in [3.8, 4) is 0 Å². The Labute approximate surface area is 97.2 Å². The molecule has 90 valence electrons. The second kappa shape index (κ2) is 8.71. The lowest BCUT2D eigenvalue weighted by atomic mass is 10.1. The Morgan fingerprint density at radius 3 is 2.12 bits per heavy atom. The zero-order valence-corrected chi connectivity index (χ0v) is 9.84. The van der Waals surface area contributed by atoms with Gasteiger partial charge in [0.05, 0.1) is 0 Å². The zero-order chi connectivity index (χ0) is 12.4. The van der Waals surface area contributed by atoms with E-state index in [9.17, 15) is 9.59 Å². The number of rotatable bonds is 10. The molecule has 0 saturated heterocycles. The van der Waals surface area contributed by atoms with E-state index in [1.807, 2.05) is 4.90 Å². The Balaban J connectivity index is 3.75. The van der Waals surface area contributed by atoms with Gasteiger partial charge in [-0.25, -0.2) is 0 Å². The van der Waals surface area contributed by atoms with Crippen LogP contribution in [0.3, 0.4) is 0 Å². The molecule has 0 aliphatic heterocycles. The molecule has 0 radical (unpaired) electrons. The first-order valence-corrected chi connectivity index (χ1v) is 5.35. The third-order valence-corrected chi connectivity index (χ3v) is 2.38. The minimum atomic E-state index is 0.469. The minimum absolute atomic E-state index is 0.469. The summed E-state index contributed by atoms with van der Waals surface area (Å²) in [7, 11) is 0. The summed E-state index contributed by atoms with van der Waals surface area (Å²) in [6.45, 7) is 10.8. The molecule has 0 spiro atoms. The van der Waals surface area contributed by atoms with Gasteiger partial charge in [0.1, 0.15) is 0 Å². The first kappa shape index (κ1) is 14.4. The summed E-state index contributed by atoms with van der Waals surface area (Å²) in [5.74, 6) is 0.469. The highest BCUT2D eigenvalue weighted by Gasteiger charge is 2.06. The maximum atomic E-state index is 10.3. The van der Waals surface area contributed by atoms with Crippen molar-refractivity contribution in [1.82, 2.24) is 9.80 Å². The minimum Gasteiger partial charge on any atom is -0.355 e. The number of hydrogen-bond acceptors (Lipinski definition) is 3. The van der Waals surface area contributed by atoms with Crippen molar-refractivity contribution in [2.75, 3.05) is 13.1 Å². The van der Waals surface area contributed by atoms with Crippen molar-refractivity contribution in [2.45, 2.75) is 19.8 Å². The molecular weight excluding hydrogens is 204 g/mol. The number of imide groups is 1. The van der Waals surface area contributed by atoms with Gasteiger partial charge in [0.25, 0.3) is 0 Å². The fourth-order valence-corrected chi connectivity index (χ4v) is 1.43. The standard InChI is InChI=1S/C12H20N2O2/c1-4-13(5-2)9-12(3)7-6-8-14(10-15)11-16/h4-5,10-12H,1-2,6-9H2,3H3. The van der Waals surface area contributed by atoms with Gasteiger partial charge >= 0.3 is 0 Å². The first-order chi connectivity index (χ1) is 7.67. The number of amides is 2. The number of carbonyl (C=O) groups excluding carboxylic acids is 2. The predicted octanol–water partition coefficient (Wildman–Crippen LogP) is 1.61. The van der Waals surface area contributed by atoms with Gasteiger partial charge in [-0.05, 0) is 31.2 Å². The molecule has 0 aliphatic carbocycles. The average Bonchev–Trinajstić information content (AvgIpc) is 2.31. The molecule has 0 bridgehead atoms.